The first-order valence-corrected chi connectivity index (χ1v) is 11.6. The quantitative estimate of drug-likeness (QED) is 0.173. The highest BCUT2D eigenvalue weighted by atomic mass is 79.9. The monoisotopic (exact) mass is 537 g/mol. The molecule has 35 heavy (non-hydrogen) atoms. The van der Waals surface area contributed by atoms with Crippen LogP contribution in [0.15, 0.2) is 82.4 Å². The summed E-state index contributed by atoms with van der Waals surface area (Å²) in [5.74, 6) is -0.246. The Labute approximate surface area is 211 Å². The van der Waals surface area contributed by atoms with Gasteiger partial charge in [-0.25, -0.2) is 10.2 Å². The maximum atomic E-state index is 12.2. The highest BCUT2D eigenvalue weighted by Crippen LogP contribution is 2.16. The lowest BCUT2D eigenvalue weighted by molar-refractivity contribution is -0.120. The van der Waals surface area contributed by atoms with E-state index in [4.69, 9.17) is 9.47 Å². The highest BCUT2D eigenvalue weighted by molar-refractivity contribution is 9.10. The van der Waals surface area contributed by atoms with E-state index in [0.29, 0.717) is 34.8 Å². The Balaban J connectivity index is 1.41. The van der Waals surface area contributed by atoms with Crippen molar-refractivity contribution in [2.45, 2.75) is 13.3 Å². The molecular formula is C26H24BrN3O5. The minimum absolute atomic E-state index is 0.227. The molecule has 3 aromatic carbocycles. The summed E-state index contributed by atoms with van der Waals surface area (Å²) in [6, 6.07) is 20.2. The minimum atomic E-state index is -0.474. The van der Waals surface area contributed by atoms with Gasteiger partial charge in [-0.1, -0.05) is 22.9 Å². The van der Waals surface area contributed by atoms with E-state index in [0.717, 1.165) is 10.9 Å². The third-order valence-corrected chi connectivity index (χ3v) is 5.10. The SMILES string of the molecule is CCCOc1ccc(C(=O)NCC(=O)N/N=C/c2ccc(OC(=O)c3ccc(Br)cc3)cc2)cc1. The van der Waals surface area contributed by atoms with Crippen LogP contribution in [0, 0.1) is 0 Å². The third kappa shape index (κ3) is 8.38. The Bertz CT molecular complexity index is 1180. The maximum absolute atomic E-state index is 12.2. The number of ether oxygens (including phenoxy) is 2. The molecule has 2 N–H and O–H groups in total. The van der Waals surface area contributed by atoms with E-state index in [-0.39, 0.29) is 12.5 Å². The smallest absolute Gasteiger partial charge is 0.343 e. The molecule has 8 nitrogen and oxygen atoms in total. The molecule has 0 fully saturated rings. The number of nitrogens with one attached hydrogen (secondary N) is 2. The lowest BCUT2D eigenvalue weighted by atomic mass is 10.2. The van der Waals surface area contributed by atoms with Crippen LogP contribution in [0.5, 0.6) is 11.5 Å². The zero-order valence-corrected chi connectivity index (χ0v) is 20.6. The molecule has 0 atom stereocenters. The summed E-state index contributed by atoms with van der Waals surface area (Å²) in [7, 11) is 0. The van der Waals surface area contributed by atoms with Crippen molar-refractivity contribution in [1.82, 2.24) is 10.7 Å². The van der Waals surface area contributed by atoms with Gasteiger partial charge in [0.05, 0.1) is 24.9 Å². The van der Waals surface area contributed by atoms with Gasteiger partial charge in [-0.2, -0.15) is 5.10 Å². The van der Waals surface area contributed by atoms with Crippen LogP contribution in [-0.4, -0.2) is 37.1 Å². The largest absolute Gasteiger partial charge is 0.494 e. The fourth-order valence-electron chi connectivity index (χ4n) is 2.78. The van der Waals surface area contributed by atoms with Crippen molar-refractivity contribution in [3.8, 4) is 11.5 Å². The summed E-state index contributed by atoms with van der Waals surface area (Å²) in [5, 5.41) is 6.41. The molecule has 3 rings (SSSR count). The van der Waals surface area contributed by atoms with Gasteiger partial charge in [-0.05, 0) is 84.8 Å². The highest BCUT2D eigenvalue weighted by Gasteiger charge is 2.09. The number of hydrogen-bond donors (Lipinski definition) is 2. The minimum Gasteiger partial charge on any atom is -0.494 e. The second-order valence-corrected chi connectivity index (χ2v) is 8.23. The van der Waals surface area contributed by atoms with Gasteiger partial charge in [0.2, 0.25) is 0 Å². The van der Waals surface area contributed by atoms with Gasteiger partial charge in [-0.3, -0.25) is 9.59 Å². The summed E-state index contributed by atoms with van der Waals surface area (Å²) in [5.41, 5.74) is 3.89. The molecule has 0 radical (unpaired) electrons. The van der Waals surface area contributed by atoms with E-state index in [1.54, 1.807) is 72.8 Å². The zero-order valence-electron chi connectivity index (χ0n) is 19.0. The Morgan fingerprint density at radius 3 is 2.17 bits per heavy atom. The fraction of sp³-hybridized carbons (Fsp3) is 0.154. The van der Waals surface area contributed by atoms with E-state index < -0.39 is 11.9 Å². The second-order valence-electron chi connectivity index (χ2n) is 7.31. The first-order valence-electron chi connectivity index (χ1n) is 10.9. The number of rotatable bonds is 10. The molecule has 0 heterocycles. The first-order chi connectivity index (χ1) is 16.9. The molecule has 0 saturated heterocycles. The van der Waals surface area contributed by atoms with Crippen LogP contribution in [0.1, 0.15) is 39.6 Å². The molecule has 0 aliphatic carbocycles. The fourth-order valence-corrected chi connectivity index (χ4v) is 3.04. The molecule has 180 valence electrons. The summed E-state index contributed by atoms with van der Waals surface area (Å²) >= 11 is 3.32. The van der Waals surface area contributed by atoms with E-state index in [1.165, 1.54) is 6.21 Å². The lowest BCUT2D eigenvalue weighted by Crippen LogP contribution is -2.34. The summed E-state index contributed by atoms with van der Waals surface area (Å²) in [6.45, 7) is 2.39. The standard InChI is InChI=1S/C26H24BrN3O5/c1-2-15-34-22-13-7-19(8-14-22)25(32)28-17-24(31)30-29-16-18-3-11-23(12-4-18)35-26(33)20-5-9-21(27)10-6-20/h3-14,16H,2,15,17H2,1H3,(H,28,32)(H,30,31)/b29-16+. The van der Waals surface area contributed by atoms with Gasteiger partial charge in [-0.15, -0.1) is 0 Å². The van der Waals surface area contributed by atoms with Gasteiger partial charge in [0, 0.05) is 10.0 Å². The number of hydrogen-bond acceptors (Lipinski definition) is 6. The molecule has 9 heteroatoms. The molecule has 0 unspecified atom stereocenters. The topological polar surface area (TPSA) is 106 Å². The molecule has 0 bridgehead atoms. The van der Waals surface area contributed by atoms with Crippen LogP contribution in [0.2, 0.25) is 0 Å². The van der Waals surface area contributed by atoms with Crippen LogP contribution in [-0.2, 0) is 4.79 Å². The number of carbonyl (C=O) groups is 3. The number of hydrazone groups is 1. The second kappa shape index (κ2) is 13.0. The molecule has 0 aromatic heterocycles. The van der Waals surface area contributed by atoms with Crippen molar-refractivity contribution < 1.29 is 23.9 Å². The van der Waals surface area contributed by atoms with Crippen molar-refractivity contribution in [2.24, 2.45) is 5.10 Å². The molecule has 0 saturated carbocycles. The van der Waals surface area contributed by atoms with Crippen molar-refractivity contribution in [3.63, 3.8) is 0 Å². The van der Waals surface area contributed by atoms with Crippen molar-refractivity contribution in [3.05, 3.63) is 94.0 Å². The van der Waals surface area contributed by atoms with Crippen LogP contribution in [0.25, 0.3) is 0 Å². The number of carbonyl (C=O) groups excluding carboxylic acids is 3. The van der Waals surface area contributed by atoms with Gasteiger partial charge in [0.1, 0.15) is 11.5 Å². The number of halogens is 1. The number of nitrogens with zero attached hydrogens (tertiary/aromatic N) is 1. The molecule has 0 aliphatic rings. The van der Waals surface area contributed by atoms with Crippen LogP contribution in [0.3, 0.4) is 0 Å². The van der Waals surface area contributed by atoms with Crippen LogP contribution >= 0.6 is 15.9 Å². The van der Waals surface area contributed by atoms with Crippen molar-refractivity contribution in [2.75, 3.05) is 13.2 Å². The average molecular weight is 538 g/mol. The maximum Gasteiger partial charge on any atom is 0.343 e. The Morgan fingerprint density at radius 1 is 0.886 bits per heavy atom. The predicted octanol–water partition coefficient (Wildman–Crippen LogP) is 4.34. The Kier molecular flexibility index (Phi) is 9.56. The van der Waals surface area contributed by atoms with Gasteiger partial charge in [0.15, 0.2) is 0 Å². The molecular weight excluding hydrogens is 514 g/mol. The van der Waals surface area contributed by atoms with E-state index in [1.807, 2.05) is 6.92 Å². The van der Waals surface area contributed by atoms with E-state index in [2.05, 4.69) is 31.8 Å². The van der Waals surface area contributed by atoms with Crippen molar-refractivity contribution >= 4 is 39.9 Å². The molecule has 2 amide bonds. The zero-order chi connectivity index (χ0) is 25.0. The van der Waals surface area contributed by atoms with Gasteiger partial charge < -0.3 is 14.8 Å². The molecule has 0 aliphatic heterocycles. The third-order valence-electron chi connectivity index (χ3n) is 4.57. The van der Waals surface area contributed by atoms with Crippen LogP contribution < -0.4 is 20.2 Å². The van der Waals surface area contributed by atoms with E-state index >= 15 is 0 Å². The normalized spacial score (nSPS) is 10.6. The Morgan fingerprint density at radius 2 is 1.51 bits per heavy atom. The number of esters is 1. The number of amides is 2. The number of benzene rings is 3. The lowest BCUT2D eigenvalue weighted by Gasteiger charge is -2.07. The average Bonchev–Trinajstić information content (AvgIpc) is 2.87. The summed E-state index contributed by atoms with van der Waals surface area (Å²) < 4.78 is 11.7. The summed E-state index contributed by atoms with van der Waals surface area (Å²) in [4.78, 5) is 36.3. The Hall–Kier alpha value is -3.98. The molecule has 3 aromatic rings. The van der Waals surface area contributed by atoms with Gasteiger partial charge in [0.25, 0.3) is 11.8 Å². The predicted molar refractivity (Wildman–Crippen MR) is 136 cm³/mol. The van der Waals surface area contributed by atoms with E-state index in [9.17, 15) is 14.4 Å². The van der Waals surface area contributed by atoms with Gasteiger partial charge >= 0.3 is 5.97 Å². The molecule has 0 spiro atoms. The first kappa shape index (κ1) is 25.6. The summed E-state index contributed by atoms with van der Waals surface area (Å²) in [6.07, 6.45) is 2.34. The van der Waals surface area contributed by atoms with Crippen molar-refractivity contribution in [1.29, 1.82) is 0 Å². The van der Waals surface area contributed by atoms with Crippen LogP contribution in [0.4, 0.5) is 0 Å².